The van der Waals surface area contributed by atoms with Gasteiger partial charge in [0.05, 0.1) is 16.7 Å². The van der Waals surface area contributed by atoms with E-state index in [0.29, 0.717) is 5.92 Å². The van der Waals surface area contributed by atoms with Crippen LogP contribution in [-0.2, 0) is 17.6 Å². The van der Waals surface area contributed by atoms with E-state index in [-0.39, 0.29) is 11.8 Å². The molecule has 2 aromatic heterocycles. The summed E-state index contributed by atoms with van der Waals surface area (Å²) in [5.74, 6) is 1.69. The minimum absolute atomic E-state index is 0.140. The van der Waals surface area contributed by atoms with Crippen LogP contribution < -0.4 is 5.32 Å². The van der Waals surface area contributed by atoms with Gasteiger partial charge < -0.3 is 5.32 Å². The summed E-state index contributed by atoms with van der Waals surface area (Å²) in [6.45, 7) is 21.5. The summed E-state index contributed by atoms with van der Waals surface area (Å²) in [4.78, 5) is 16.1. The predicted octanol–water partition coefficient (Wildman–Crippen LogP) is 6.63. The van der Waals surface area contributed by atoms with E-state index in [9.17, 15) is 4.79 Å². The van der Waals surface area contributed by atoms with Crippen molar-refractivity contribution < 1.29 is 4.79 Å². The van der Waals surface area contributed by atoms with E-state index in [1.165, 1.54) is 24.0 Å². The molecule has 1 atom stereocenters. The third-order valence-electron chi connectivity index (χ3n) is 6.23. The fourth-order valence-corrected chi connectivity index (χ4v) is 3.76. The van der Waals surface area contributed by atoms with E-state index in [0.717, 1.165) is 54.0 Å². The van der Waals surface area contributed by atoms with Gasteiger partial charge in [0.15, 0.2) is 5.65 Å². The van der Waals surface area contributed by atoms with E-state index in [2.05, 4.69) is 71.7 Å². The number of aryl methyl sites for hydroxylation is 4. The standard InChI is InChI=1S/C15H18N4.C11H23NO.C2H6/c1-5-11-7-13-14(8-12(11)6-2)19-10(4)17-18-15(19)9(3)16-13;1-5-6-7-8-12-11(13)10(4)9(2)3;1-2/h7-8H,5-6H2,1-4H3;9-10H,5-8H2,1-4H3,(H,12,13);1-2H3. The monoisotopic (exact) mass is 469 g/mol. The first-order valence-corrected chi connectivity index (χ1v) is 13.2. The van der Waals surface area contributed by atoms with Gasteiger partial charge in [0, 0.05) is 12.5 Å². The number of nitrogens with one attached hydrogen (secondary N) is 1. The Balaban J connectivity index is 0.000000340. The predicted molar refractivity (Wildman–Crippen MR) is 144 cm³/mol. The van der Waals surface area contributed by atoms with Crippen molar-refractivity contribution in [3.05, 3.63) is 34.8 Å². The van der Waals surface area contributed by atoms with E-state index in [1.54, 1.807) is 0 Å². The first-order chi connectivity index (χ1) is 16.2. The Morgan fingerprint density at radius 3 is 2.15 bits per heavy atom. The molecule has 190 valence electrons. The van der Waals surface area contributed by atoms with Gasteiger partial charge in [0.25, 0.3) is 0 Å². The summed E-state index contributed by atoms with van der Waals surface area (Å²) in [5, 5.41) is 11.4. The summed E-state index contributed by atoms with van der Waals surface area (Å²) in [6.07, 6.45) is 5.59. The van der Waals surface area contributed by atoms with Crippen LogP contribution >= 0.6 is 0 Å². The molecule has 1 unspecified atom stereocenters. The topological polar surface area (TPSA) is 72.2 Å². The van der Waals surface area contributed by atoms with Crippen molar-refractivity contribution in [2.24, 2.45) is 11.8 Å². The lowest BCUT2D eigenvalue weighted by Crippen LogP contribution is -2.32. The minimum Gasteiger partial charge on any atom is -0.356 e. The Bertz CT molecular complexity index is 1040. The Labute approximate surface area is 207 Å². The zero-order valence-corrected chi connectivity index (χ0v) is 23.2. The molecule has 0 radical (unpaired) electrons. The summed E-state index contributed by atoms with van der Waals surface area (Å²) in [5.41, 5.74) is 6.69. The van der Waals surface area contributed by atoms with Crippen LogP contribution in [-0.4, -0.2) is 32.0 Å². The van der Waals surface area contributed by atoms with Crippen LogP contribution in [0.15, 0.2) is 12.1 Å². The smallest absolute Gasteiger partial charge is 0.223 e. The number of carbonyl (C=O) groups excluding carboxylic acids is 1. The number of unbranched alkanes of at least 4 members (excludes halogenated alkanes) is 2. The number of hydrogen-bond donors (Lipinski definition) is 1. The molecule has 0 bridgehead atoms. The number of hydrogen-bond acceptors (Lipinski definition) is 4. The molecule has 1 amide bonds. The maximum atomic E-state index is 11.4. The molecule has 1 aromatic carbocycles. The summed E-state index contributed by atoms with van der Waals surface area (Å²) < 4.78 is 2.11. The van der Waals surface area contributed by atoms with Gasteiger partial charge in [-0.2, -0.15) is 0 Å². The highest BCUT2D eigenvalue weighted by atomic mass is 16.1. The summed E-state index contributed by atoms with van der Waals surface area (Å²) in [7, 11) is 0. The van der Waals surface area contributed by atoms with Crippen LogP contribution in [0.3, 0.4) is 0 Å². The van der Waals surface area contributed by atoms with Gasteiger partial charge in [0.2, 0.25) is 5.91 Å². The maximum Gasteiger partial charge on any atom is 0.223 e. The lowest BCUT2D eigenvalue weighted by Gasteiger charge is -2.14. The first-order valence-electron chi connectivity index (χ1n) is 13.2. The van der Waals surface area contributed by atoms with Crippen molar-refractivity contribution in [2.75, 3.05) is 6.54 Å². The van der Waals surface area contributed by atoms with E-state index < -0.39 is 0 Å². The average molecular weight is 470 g/mol. The van der Waals surface area contributed by atoms with E-state index in [1.807, 2.05) is 34.6 Å². The number of nitrogens with zero attached hydrogens (tertiary/aromatic N) is 4. The second-order valence-electron chi connectivity index (χ2n) is 8.95. The molecule has 0 aliphatic heterocycles. The number of rotatable bonds is 8. The molecule has 1 N–H and O–H groups in total. The molecule has 0 spiro atoms. The first kappa shape index (κ1) is 29.5. The molecule has 6 heteroatoms. The number of aromatic nitrogens is 4. The van der Waals surface area contributed by atoms with Crippen molar-refractivity contribution in [2.45, 2.75) is 101 Å². The lowest BCUT2D eigenvalue weighted by molar-refractivity contribution is -0.125. The van der Waals surface area contributed by atoms with Crippen molar-refractivity contribution in [3.63, 3.8) is 0 Å². The van der Waals surface area contributed by atoms with E-state index in [4.69, 9.17) is 0 Å². The number of fused-ring (bicyclic) bond motifs is 3. The highest BCUT2D eigenvalue weighted by Gasteiger charge is 2.15. The summed E-state index contributed by atoms with van der Waals surface area (Å²) in [6, 6.07) is 4.45. The number of amides is 1. The van der Waals surface area contributed by atoms with Crippen molar-refractivity contribution in [3.8, 4) is 0 Å². The van der Waals surface area contributed by atoms with Gasteiger partial charge in [-0.3, -0.25) is 9.20 Å². The van der Waals surface area contributed by atoms with Crippen molar-refractivity contribution >= 4 is 22.6 Å². The molecule has 0 fully saturated rings. The van der Waals surface area contributed by atoms with Gasteiger partial charge in [-0.25, -0.2) is 4.98 Å². The third-order valence-corrected chi connectivity index (χ3v) is 6.23. The molecule has 3 rings (SSSR count). The number of benzene rings is 1. The van der Waals surface area contributed by atoms with Gasteiger partial charge in [-0.15, -0.1) is 10.2 Å². The maximum absolute atomic E-state index is 11.4. The zero-order chi connectivity index (χ0) is 25.8. The van der Waals surface area contributed by atoms with Crippen LogP contribution in [0.1, 0.15) is 97.3 Å². The van der Waals surface area contributed by atoms with Crippen LogP contribution in [0.2, 0.25) is 0 Å². The quantitative estimate of drug-likeness (QED) is 0.376. The molecule has 2 heterocycles. The fraction of sp³-hybridized carbons (Fsp3) is 0.643. The molecular formula is C28H47N5O. The largest absolute Gasteiger partial charge is 0.356 e. The van der Waals surface area contributed by atoms with Gasteiger partial charge in [-0.05, 0) is 62.3 Å². The molecule has 0 saturated heterocycles. The Hall–Kier alpha value is -2.50. The summed E-state index contributed by atoms with van der Waals surface area (Å²) >= 11 is 0. The Morgan fingerprint density at radius 2 is 1.59 bits per heavy atom. The molecule has 6 nitrogen and oxygen atoms in total. The van der Waals surface area contributed by atoms with Crippen molar-refractivity contribution in [1.29, 1.82) is 0 Å². The average Bonchev–Trinajstić information content (AvgIpc) is 3.24. The highest BCUT2D eigenvalue weighted by Crippen LogP contribution is 2.23. The normalized spacial score (nSPS) is 11.6. The van der Waals surface area contributed by atoms with Gasteiger partial charge in [-0.1, -0.05) is 68.2 Å². The third kappa shape index (κ3) is 7.51. The minimum atomic E-state index is 0.140. The van der Waals surface area contributed by atoms with Gasteiger partial charge >= 0.3 is 0 Å². The van der Waals surface area contributed by atoms with Crippen LogP contribution in [0, 0.1) is 25.7 Å². The van der Waals surface area contributed by atoms with Crippen molar-refractivity contribution in [1.82, 2.24) is 24.9 Å². The molecule has 3 aromatic rings. The fourth-order valence-electron chi connectivity index (χ4n) is 3.76. The molecule has 0 aliphatic rings. The molecule has 34 heavy (non-hydrogen) atoms. The molecule has 0 saturated carbocycles. The van der Waals surface area contributed by atoms with Crippen LogP contribution in [0.4, 0.5) is 0 Å². The Kier molecular flexibility index (Phi) is 12.8. The highest BCUT2D eigenvalue weighted by molar-refractivity contribution is 5.80. The van der Waals surface area contributed by atoms with Gasteiger partial charge in [0.1, 0.15) is 5.82 Å². The van der Waals surface area contributed by atoms with Crippen LogP contribution in [0.5, 0.6) is 0 Å². The Morgan fingerprint density at radius 1 is 0.971 bits per heavy atom. The SMILES string of the molecule is CC.CCCCCNC(=O)C(C)C(C)C.CCc1cc2nc(C)c3nnc(C)n3c2cc1CC. The van der Waals surface area contributed by atoms with Crippen LogP contribution in [0.25, 0.3) is 16.7 Å². The second-order valence-corrected chi connectivity index (χ2v) is 8.95. The van der Waals surface area contributed by atoms with E-state index >= 15 is 0 Å². The second kappa shape index (κ2) is 14.7. The molecule has 0 aliphatic carbocycles. The number of carbonyl (C=O) groups is 1. The zero-order valence-electron chi connectivity index (χ0n) is 23.2. The lowest BCUT2D eigenvalue weighted by atomic mass is 9.97. The molecular weight excluding hydrogens is 422 g/mol.